The summed E-state index contributed by atoms with van der Waals surface area (Å²) in [5.74, 6) is 1.41. The number of hydrogen-bond donors (Lipinski definition) is 0. The summed E-state index contributed by atoms with van der Waals surface area (Å²) >= 11 is 0. The Kier molecular flexibility index (Phi) is 3.65. The monoisotopic (exact) mass is 282 g/mol. The summed E-state index contributed by atoms with van der Waals surface area (Å²) in [5.41, 5.74) is 2.93. The maximum atomic E-state index is 12.3. The van der Waals surface area contributed by atoms with E-state index in [0.29, 0.717) is 23.5 Å². The first kappa shape index (κ1) is 13.7. The largest absolute Gasteiger partial charge is 0.497 e. The third-order valence-electron chi connectivity index (χ3n) is 3.89. The fourth-order valence-electron chi connectivity index (χ4n) is 2.58. The standard InChI is InChI=1S/C18H18O3/c1-3-12-4-6-13(7-5-12)18-11-16(19)15-10-14(20-2)8-9-17(15)21-18/h4-10,18H,3,11H2,1-2H3. The van der Waals surface area contributed by atoms with Crippen molar-refractivity contribution in [3.8, 4) is 11.5 Å². The minimum atomic E-state index is -0.204. The molecule has 0 saturated carbocycles. The van der Waals surface area contributed by atoms with Crippen molar-refractivity contribution in [3.05, 3.63) is 59.2 Å². The summed E-state index contributed by atoms with van der Waals surface area (Å²) in [4.78, 5) is 12.3. The molecule has 3 heteroatoms. The molecular formula is C18H18O3. The lowest BCUT2D eigenvalue weighted by molar-refractivity contribution is 0.0849. The summed E-state index contributed by atoms with van der Waals surface area (Å²) in [6, 6.07) is 13.6. The van der Waals surface area contributed by atoms with Crippen LogP contribution in [0.4, 0.5) is 0 Å². The average molecular weight is 282 g/mol. The Bertz CT molecular complexity index is 659. The van der Waals surface area contributed by atoms with Crippen molar-refractivity contribution in [3.63, 3.8) is 0 Å². The zero-order chi connectivity index (χ0) is 14.8. The van der Waals surface area contributed by atoms with E-state index in [-0.39, 0.29) is 11.9 Å². The van der Waals surface area contributed by atoms with Crippen molar-refractivity contribution >= 4 is 5.78 Å². The molecule has 0 aromatic heterocycles. The van der Waals surface area contributed by atoms with Crippen LogP contribution in [-0.4, -0.2) is 12.9 Å². The van der Waals surface area contributed by atoms with E-state index in [1.807, 2.05) is 18.2 Å². The second-order valence-corrected chi connectivity index (χ2v) is 5.19. The second-order valence-electron chi connectivity index (χ2n) is 5.19. The van der Waals surface area contributed by atoms with E-state index in [0.717, 1.165) is 12.0 Å². The van der Waals surface area contributed by atoms with Gasteiger partial charge >= 0.3 is 0 Å². The van der Waals surface area contributed by atoms with Gasteiger partial charge in [0.2, 0.25) is 0 Å². The molecule has 1 aliphatic heterocycles. The van der Waals surface area contributed by atoms with E-state index in [2.05, 4.69) is 19.1 Å². The first-order chi connectivity index (χ1) is 10.2. The Labute approximate surface area is 124 Å². The van der Waals surface area contributed by atoms with Crippen LogP contribution in [0.2, 0.25) is 0 Å². The molecule has 21 heavy (non-hydrogen) atoms. The zero-order valence-corrected chi connectivity index (χ0v) is 12.3. The van der Waals surface area contributed by atoms with Crippen LogP contribution in [0.15, 0.2) is 42.5 Å². The number of fused-ring (bicyclic) bond motifs is 1. The average Bonchev–Trinajstić information content (AvgIpc) is 2.54. The number of Topliss-reactive ketones (excluding diaryl/α,β-unsaturated/α-hetero) is 1. The summed E-state index contributed by atoms with van der Waals surface area (Å²) in [7, 11) is 1.59. The van der Waals surface area contributed by atoms with Crippen LogP contribution < -0.4 is 9.47 Å². The molecule has 1 atom stereocenters. The number of aryl methyl sites for hydroxylation is 1. The van der Waals surface area contributed by atoms with Gasteiger partial charge in [0.05, 0.1) is 19.1 Å². The fourth-order valence-corrected chi connectivity index (χ4v) is 2.58. The summed E-state index contributed by atoms with van der Waals surface area (Å²) in [6.45, 7) is 2.12. The van der Waals surface area contributed by atoms with Crippen molar-refractivity contribution < 1.29 is 14.3 Å². The van der Waals surface area contributed by atoms with E-state index in [1.165, 1.54) is 5.56 Å². The molecule has 3 rings (SSSR count). The minimum absolute atomic E-state index is 0.0970. The van der Waals surface area contributed by atoms with Crippen LogP contribution in [0.3, 0.4) is 0 Å². The van der Waals surface area contributed by atoms with Gasteiger partial charge in [0.15, 0.2) is 5.78 Å². The third kappa shape index (κ3) is 2.64. The van der Waals surface area contributed by atoms with Crippen LogP contribution in [0, 0.1) is 0 Å². The molecule has 0 aliphatic carbocycles. The lowest BCUT2D eigenvalue weighted by Crippen LogP contribution is -2.20. The maximum absolute atomic E-state index is 12.3. The summed E-state index contributed by atoms with van der Waals surface area (Å²) in [6.07, 6.45) is 1.17. The molecule has 0 spiro atoms. The molecule has 108 valence electrons. The van der Waals surface area contributed by atoms with Gasteiger partial charge in [-0.05, 0) is 35.7 Å². The molecule has 0 radical (unpaired) electrons. The molecule has 0 amide bonds. The SMILES string of the molecule is CCc1ccc(C2CC(=O)c3cc(OC)ccc3O2)cc1. The van der Waals surface area contributed by atoms with Crippen LogP contribution in [0.1, 0.15) is 40.9 Å². The highest BCUT2D eigenvalue weighted by atomic mass is 16.5. The van der Waals surface area contributed by atoms with Gasteiger partial charge in [-0.25, -0.2) is 0 Å². The number of carbonyl (C=O) groups is 1. The zero-order valence-electron chi connectivity index (χ0n) is 12.3. The van der Waals surface area contributed by atoms with Crippen molar-refractivity contribution in [2.75, 3.05) is 7.11 Å². The summed E-state index contributed by atoms with van der Waals surface area (Å²) < 4.78 is 11.1. The molecule has 0 saturated heterocycles. The normalized spacial score (nSPS) is 17.0. The van der Waals surface area contributed by atoms with Crippen molar-refractivity contribution in [1.29, 1.82) is 0 Å². The first-order valence-corrected chi connectivity index (χ1v) is 7.18. The molecule has 0 fully saturated rings. The molecule has 2 aromatic rings. The van der Waals surface area contributed by atoms with Gasteiger partial charge in [0.25, 0.3) is 0 Å². The number of carbonyl (C=O) groups excluding carboxylic acids is 1. The van der Waals surface area contributed by atoms with Crippen LogP contribution in [0.5, 0.6) is 11.5 Å². The predicted octanol–water partition coefficient (Wildman–Crippen LogP) is 3.96. The number of benzene rings is 2. The van der Waals surface area contributed by atoms with Crippen LogP contribution >= 0.6 is 0 Å². The summed E-state index contributed by atoms with van der Waals surface area (Å²) in [5, 5.41) is 0. The second kappa shape index (κ2) is 5.60. The fraction of sp³-hybridized carbons (Fsp3) is 0.278. The van der Waals surface area contributed by atoms with Gasteiger partial charge in [-0.15, -0.1) is 0 Å². The van der Waals surface area contributed by atoms with E-state index in [1.54, 1.807) is 19.2 Å². The molecule has 1 heterocycles. The van der Waals surface area contributed by atoms with Crippen molar-refractivity contribution in [1.82, 2.24) is 0 Å². The molecule has 1 aliphatic rings. The van der Waals surface area contributed by atoms with E-state index < -0.39 is 0 Å². The van der Waals surface area contributed by atoms with Crippen molar-refractivity contribution in [2.45, 2.75) is 25.9 Å². The van der Waals surface area contributed by atoms with Crippen LogP contribution in [-0.2, 0) is 6.42 Å². The number of methoxy groups -OCH3 is 1. The molecule has 0 N–H and O–H groups in total. The van der Waals surface area contributed by atoms with E-state index >= 15 is 0 Å². The van der Waals surface area contributed by atoms with Crippen LogP contribution in [0.25, 0.3) is 0 Å². The first-order valence-electron chi connectivity index (χ1n) is 7.18. The highest BCUT2D eigenvalue weighted by molar-refractivity contribution is 6.00. The highest BCUT2D eigenvalue weighted by Crippen LogP contribution is 2.36. The topological polar surface area (TPSA) is 35.5 Å². The quantitative estimate of drug-likeness (QED) is 0.854. The number of ether oxygens (including phenoxy) is 2. The van der Waals surface area contributed by atoms with Gasteiger partial charge < -0.3 is 9.47 Å². The highest BCUT2D eigenvalue weighted by Gasteiger charge is 2.27. The molecule has 2 aromatic carbocycles. The Morgan fingerprint density at radius 3 is 2.62 bits per heavy atom. The molecular weight excluding hydrogens is 264 g/mol. The smallest absolute Gasteiger partial charge is 0.170 e. The van der Waals surface area contributed by atoms with Gasteiger partial charge in [0, 0.05) is 0 Å². The van der Waals surface area contributed by atoms with Gasteiger partial charge in [-0.1, -0.05) is 31.2 Å². The number of hydrogen-bond acceptors (Lipinski definition) is 3. The molecule has 1 unspecified atom stereocenters. The maximum Gasteiger partial charge on any atom is 0.170 e. The lowest BCUT2D eigenvalue weighted by atomic mass is 9.95. The number of rotatable bonds is 3. The lowest BCUT2D eigenvalue weighted by Gasteiger charge is -2.26. The Balaban J connectivity index is 1.89. The Morgan fingerprint density at radius 1 is 1.19 bits per heavy atom. The minimum Gasteiger partial charge on any atom is -0.497 e. The molecule has 3 nitrogen and oxygen atoms in total. The third-order valence-corrected chi connectivity index (χ3v) is 3.89. The Morgan fingerprint density at radius 2 is 1.95 bits per heavy atom. The van der Waals surface area contributed by atoms with Gasteiger partial charge in [0.1, 0.15) is 17.6 Å². The van der Waals surface area contributed by atoms with Gasteiger partial charge in [-0.3, -0.25) is 4.79 Å². The number of ketones is 1. The predicted molar refractivity (Wildman–Crippen MR) is 81.1 cm³/mol. The van der Waals surface area contributed by atoms with E-state index in [9.17, 15) is 4.79 Å². The molecule has 0 bridgehead atoms. The van der Waals surface area contributed by atoms with Crippen molar-refractivity contribution in [2.24, 2.45) is 0 Å². The van der Waals surface area contributed by atoms with E-state index in [4.69, 9.17) is 9.47 Å². The Hall–Kier alpha value is -2.29. The van der Waals surface area contributed by atoms with Gasteiger partial charge in [-0.2, -0.15) is 0 Å².